The third-order valence-corrected chi connectivity index (χ3v) is 7.00. The predicted molar refractivity (Wildman–Crippen MR) is 92.6 cm³/mol. The van der Waals surface area contributed by atoms with Crippen LogP contribution in [0.4, 0.5) is 13.2 Å². The number of halogens is 3. The van der Waals surface area contributed by atoms with Gasteiger partial charge in [0, 0.05) is 13.1 Å². The minimum atomic E-state index is -4.83. The molecule has 0 fully saturated rings. The lowest BCUT2D eigenvalue weighted by Gasteiger charge is -2.26. The van der Waals surface area contributed by atoms with Gasteiger partial charge in [0.05, 0.1) is 15.4 Å². The van der Waals surface area contributed by atoms with Crippen LogP contribution in [-0.4, -0.2) is 28.2 Å². The molecular weight excluding hydrogens is 405 g/mol. The van der Waals surface area contributed by atoms with Gasteiger partial charge in [-0.05, 0) is 36.8 Å². The Labute approximate surface area is 155 Å². The monoisotopic (exact) mass is 422 g/mol. The van der Waals surface area contributed by atoms with Gasteiger partial charge in [-0.15, -0.1) is 0 Å². The average Bonchev–Trinajstić information content (AvgIpc) is 2.59. The molecule has 11 heteroatoms. The van der Waals surface area contributed by atoms with Crippen LogP contribution in [0, 0.1) is 0 Å². The van der Waals surface area contributed by atoms with Gasteiger partial charge in [0.25, 0.3) is 0 Å². The number of hydrogen-bond donors (Lipinski definition) is 1. The van der Waals surface area contributed by atoms with Gasteiger partial charge in [-0.1, -0.05) is 24.3 Å². The summed E-state index contributed by atoms with van der Waals surface area (Å²) in [6.45, 7) is 1.47. The van der Waals surface area contributed by atoms with Crippen LogP contribution in [0.3, 0.4) is 0 Å². The van der Waals surface area contributed by atoms with Crippen LogP contribution in [0.15, 0.2) is 58.3 Å². The quantitative estimate of drug-likeness (QED) is 0.801. The Kier molecular flexibility index (Phi) is 5.71. The molecule has 0 aliphatic rings. The van der Waals surface area contributed by atoms with Gasteiger partial charge in [0.15, 0.2) is 0 Å². The van der Waals surface area contributed by atoms with Crippen molar-refractivity contribution >= 4 is 20.0 Å². The van der Waals surface area contributed by atoms with Crippen molar-refractivity contribution in [1.29, 1.82) is 0 Å². The molecule has 0 radical (unpaired) electrons. The molecule has 2 aromatic carbocycles. The Hall–Kier alpha value is -1.95. The third kappa shape index (κ3) is 4.49. The fourth-order valence-electron chi connectivity index (χ4n) is 2.44. The zero-order chi connectivity index (χ0) is 20.6. The highest BCUT2D eigenvalue weighted by Gasteiger charge is 2.39. The number of sulfonamides is 2. The van der Waals surface area contributed by atoms with Crippen LogP contribution in [0.5, 0.6) is 0 Å². The number of alkyl halides is 3. The molecule has 148 valence electrons. The summed E-state index contributed by atoms with van der Waals surface area (Å²) in [4.78, 5) is -1.01. The van der Waals surface area contributed by atoms with E-state index < -0.39 is 42.7 Å². The first-order valence-electron chi connectivity index (χ1n) is 7.53. The molecule has 0 heterocycles. The van der Waals surface area contributed by atoms with Crippen molar-refractivity contribution in [2.45, 2.75) is 28.9 Å². The van der Waals surface area contributed by atoms with E-state index >= 15 is 0 Å². The van der Waals surface area contributed by atoms with E-state index in [9.17, 15) is 30.0 Å². The Morgan fingerprint density at radius 2 is 1.48 bits per heavy atom. The Bertz CT molecular complexity index is 1030. The number of hydrogen-bond acceptors (Lipinski definition) is 4. The lowest BCUT2D eigenvalue weighted by molar-refractivity contribution is -0.139. The lowest BCUT2D eigenvalue weighted by Crippen LogP contribution is -2.31. The molecule has 2 aromatic rings. The first kappa shape index (κ1) is 21.4. The molecule has 2 rings (SSSR count). The summed E-state index contributed by atoms with van der Waals surface area (Å²) in [5.41, 5.74) is -0.869. The van der Waals surface area contributed by atoms with Crippen molar-refractivity contribution in [1.82, 2.24) is 4.31 Å². The second-order valence-electron chi connectivity index (χ2n) is 5.81. The maximum Gasteiger partial charge on any atom is 0.417 e. The van der Waals surface area contributed by atoms with Crippen molar-refractivity contribution in [3.05, 3.63) is 59.7 Å². The fraction of sp³-hybridized carbons (Fsp3) is 0.250. The van der Waals surface area contributed by atoms with Gasteiger partial charge in [0.1, 0.15) is 0 Å². The van der Waals surface area contributed by atoms with Crippen LogP contribution in [0.25, 0.3) is 0 Å². The molecule has 0 aliphatic carbocycles. The maximum absolute atomic E-state index is 13.2. The maximum atomic E-state index is 13.2. The molecule has 0 bridgehead atoms. The summed E-state index contributed by atoms with van der Waals surface area (Å²) in [5, 5.41) is 5.00. The van der Waals surface area contributed by atoms with E-state index in [-0.39, 0.29) is 4.90 Å². The van der Waals surface area contributed by atoms with Crippen LogP contribution < -0.4 is 5.14 Å². The van der Waals surface area contributed by atoms with Gasteiger partial charge >= 0.3 is 6.18 Å². The van der Waals surface area contributed by atoms with Crippen molar-refractivity contribution < 1.29 is 30.0 Å². The SMILES string of the molecule is CC(c1ccc(S(N)(=O)=O)cc1)N(C)S(=O)(=O)c1ccccc1C(F)(F)F. The first-order chi connectivity index (χ1) is 12.3. The molecule has 2 N–H and O–H groups in total. The molecule has 0 saturated carbocycles. The second kappa shape index (κ2) is 7.23. The molecule has 1 atom stereocenters. The average molecular weight is 422 g/mol. The molecule has 1 unspecified atom stereocenters. The van der Waals surface area contributed by atoms with Crippen LogP contribution in [-0.2, 0) is 26.2 Å². The number of nitrogens with two attached hydrogens (primary N) is 1. The summed E-state index contributed by atoms with van der Waals surface area (Å²) in [5.74, 6) is 0. The van der Waals surface area contributed by atoms with Crippen molar-refractivity contribution in [2.24, 2.45) is 5.14 Å². The molecule has 0 saturated heterocycles. The van der Waals surface area contributed by atoms with E-state index in [4.69, 9.17) is 5.14 Å². The summed E-state index contributed by atoms with van der Waals surface area (Å²) in [6, 6.07) is 8.16. The van der Waals surface area contributed by atoms with E-state index in [1.807, 2.05) is 0 Å². The summed E-state index contributed by atoms with van der Waals surface area (Å²) < 4.78 is 88.4. The third-order valence-electron chi connectivity index (χ3n) is 4.09. The lowest BCUT2D eigenvalue weighted by atomic mass is 10.1. The number of nitrogens with zero attached hydrogens (tertiary/aromatic N) is 1. The molecule has 0 spiro atoms. The topological polar surface area (TPSA) is 97.5 Å². The highest BCUT2D eigenvalue weighted by atomic mass is 32.2. The largest absolute Gasteiger partial charge is 0.417 e. The van der Waals surface area contributed by atoms with E-state index in [1.165, 1.54) is 37.3 Å². The summed E-state index contributed by atoms with van der Waals surface area (Å²) in [6.07, 6.45) is -4.83. The van der Waals surface area contributed by atoms with Crippen molar-refractivity contribution in [2.75, 3.05) is 7.05 Å². The molecule has 6 nitrogen and oxygen atoms in total. The van der Waals surface area contributed by atoms with Gasteiger partial charge in [0.2, 0.25) is 20.0 Å². The Morgan fingerprint density at radius 3 is 1.96 bits per heavy atom. The van der Waals surface area contributed by atoms with Crippen molar-refractivity contribution in [3.63, 3.8) is 0 Å². The smallest absolute Gasteiger partial charge is 0.225 e. The summed E-state index contributed by atoms with van der Waals surface area (Å²) in [7, 11) is -7.23. The van der Waals surface area contributed by atoms with Crippen molar-refractivity contribution in [3.8, 4) is 0 Å². The highest BCUT2D eigenvalue weighted by Crippen LogP contribution is 2.36. The van der Waals surface area contributed by atoms with E-state index in [1.54, 1.807) is 0 Å². The van der Waals surface area contributed by atoms with E-state index in [0.717, 1.165) is 23.5 Å². The Morgan fingerprint density at radius 1 is 0.963 bits per heavy atom. The minimum Gasteiger partial charge on any atom is -0.225 e. The van der Waals surface area contributed by atoms with Crippen LogP contribution in [0.2, 0.25) is 0 Å². The van der Waals surface area contributed by atoms with Crippen LogP contribution in [0.1, 0.15) is 24.1 Å². The highest BCUT2D eigenvalue weighted by molar-refractivity contribution is 7.89. The summed E-state index contributed by atoms with van der Waals surface area (Å²) >= 11 is 0. The van der Waals surface area contributed by atoms with Crippen LogP contribution >= 0.6 is 0 Å². The zero-order valence-electron chi connectivity index (χ0n) is 14.3. The van der Waals surface area contributed by atoms with Gasteiger partial charge in [-0.25, -0.2) is 22.0 Å². The fourth-order valence-corrected chi connectivity index (χ4v) is 4.51. The van der Waals surface area contributed by atoms with Gasteiger partial charge in [-0.2, -0.15) is 17.5 Å². The van der Waals surface area contributed by atoms with Gasteiger partial charge in [-0.3, -0.25) is 0 Å². The molecule has 0 aromatic heterocycles. The zero-order valence-corrected chi connectivity index (χ0v) is 15.9. The number of benzene rings is 2. The molecule has 27 heavy (non-hydrogen) atoms. The number of primary sulfonamides is 1. The molecule has 0 aliphatic heterocycles. The normalized spacial score (nSPS) is 14.3. The molecule has 0 amide bonds. The van der Waals surface area contributed by atoms with E-state index in [2.05, 4.69) is 0 Å². The van der Waals surface area contributed by atoms with E-state index in [0.29, 0.717) is 11.6 Å². The van der Waals surface area contributed by atoms with Gasteiger partial charge < -0.3 is 0 Å². The second-order valence-corrected chi connectivity index (χ2v) is 9.33. The predicted octanol–water partition coefficient (Wildman–Crippen LogP) is 2.73. The Balaban J connectivity index is 2.43. The first-order valence-corrected chi connectivity index (χ1v) is 10.5. The standard InChI is InChI=1S/C16H17F3N2O4S2/c1-11(12-7-9-13(10-8-12)26(20,22)23)21(2)27(24,25)15-6-4-3-5-14(15)16(17,18)19/h3-11H,1-2H3,(H2,20,22,23). The molecular formula is C16H17F3N2O4S2. The minimum absolute atomic E-state index is 0.161. The number of rotatable bonds is 5.